The molecule has 0 aromatic carbocycles. The number of alkyl halides is 1. The Morgan fingerprint density at radius 2 is 2.69 bits per heavy atom. The van der Waals surface area contributed by atoms with E-state index in [4.69, 9.17) is 7.85 Å². The second-order valence-corrected chi connectivity index (χ2v) is 2.15. The van der Waals surface area contributed by atoms with Gasteiger partial charge in [0.25, 0.3) is 0 Å². The summed E-state index contributed by atoms with van der Waals surface area (Å²) in [7, 11) is 0. The van der Waals surface area contributed by atoms with E-state index in [0.29, 0.717) is 4.57 Å². The minimum absolute atomic E-state index is 0.483. The lowest BCUT2D eigenvalue weighted by Gasteiger charge is -2.04. The molecule has 0 aliphatic carbocycles. The number of aromatic nitrogens is 2. The maximum absolute atomic E-state index is 12.1. The zero-order chi connectivity index (χ0) is 11.6. The second-order valence-electron chi connectivity index (χ2n) is 2.15. The molecule has 0 saturated heterocycles. The number of nitrogens with zero attached hydrogens (tertiary/aromatic N) is 3. The molecule has 1 heterocycles. The zero-order valence-electron chi connectivity index (χ0n) is 8.42. The third-order valence-corrected chi connectivity index (χ3v) is 1.22. The average molecular weight is 191 g/mol. The van der Waals surface area contributed by atoms with E-state index in [9.17, 15) is 14.5 Å². The minimum atomic E-state index is -2.60. The van der Waals surface area contributed by atoms with Gasteiger partial charge in [0.15, 0.2) is 0 Å². The minimum Gasteiger partial charge on any atom is -0.390 e. The number of hydrogen-bond donors (Lipinski definition) is 1. The van der Waals surface area contributed by atoms with Crippen LogP contribution in [0.1, 0.15) is 2.74 Å². The lowest BCUT2D eigenvalue weighted by Crippen LogP contribution is -2.18. The molecule has 0 radical (unpaired) electrons. The Labute approximate surface area is 75.6 Å². The van der Waals surface area contributed by atoms with Gasteiger partial charge in [-0.15, -0.1) is 0 Å². The van der Waals surface area contributed by atoms with E-state index >= 15 is 0 Å². The number of aliphatic hydroxyl groups is 1. The molecule has 1 N–H and O–H groups in total. The third kappa shape index (κ3) is 2.22. The summed E-state index contributed by atoms with van der Waals surface area (Å²) in [6.07, 6.45) is -0.0109. The van der Waals surface area contributed by atoms with Crippen LogP contribution in [0.25, 0.3) is 0 Å². The molecule has 0 bridgehead atoms. The van der Waals surface area contributed by atoms with Gasteiger partial charge in [-0.25, -0.2) is 8.96 Å². The Hall–Kier alpha value is -1.50. The first kappa shape index (κ1) is 6.96. The van der Waals surface area contributed by atoms with E-state index < -0.39 is 30.1 Å². The van der Waals surface area contributed by atoms with E-state index in [1.807, 2.05) is 0 Å². The van der Waals surface area contributed by atoms with Gasteiger partial charge in [-0.3, -0.25) is 0 Å². The SMILES string of the molecule is [2H]C([2H])(C(O)CF)n1ccnc1[N+](=O)[O-]. The summed E-state index contributed by atoms with van der Waals surface area (Å²) in [6.45, 7) is -3.95. The molecule has 6 nitrogen and oxygen atoms in total. The molecule has 0 aliphatic heterocycles. The van der Waals surface area contributed by atoms with Gasteiger partial charge >= 0.3 is 5.95 Å². The quantitative estimate of drug-likeness (QED) is 0.541. The molecule has 0 spiro atoms. The van der Waals surface area contributed by atoms with Crippen molar-refractivity contribution in [2.24, 2.45) is 0 Å². The molecule has 72 valence electrons. The fourth-order valence-electron chi connectivity index (χ4n) is 0.726. The van der Waals surface area contributed by atoms with E-state index in [0.717, 1.165) is 12.4 Å². The summed E-state index contributed by atoms with van der Waals surface area (Å²) in [5.41, 5.74) is 0. The van der Waals surface area contributed by atoms with Crippen LogP contribution in [0.3, 0.4) is 0 Å². The number of rotatable bonds is 4. The molecule has 1 atom stereocenters. The number of aliphatic hydroxyl groups excluding tert-OH is 1. The van der Waals surface area contributed by atoms with Crippen molar-refractivity contribution in [3.05, 3.63) is 22.5 Å². The van der Waals surface area contributed by atoms with Gasteiger partial charge in [-0.2, -0.15) is 0 Å². The lowest BCUT2D eigenvalue weighted by molar-refractivity contribution is -0.397. The van der Waals surface area contributed by atoms with Crippen LogP contribution < -0.4 is 0 Å². The van der Waals surface area contributed by atoms with Crippen LogP contribution in [0.2, 0.25) is 0 Å². The maximum atomic E-state index is 12.1. The fourth-order valence-corrected chi connectivity index (χ4v) is 0.726. The first-order chi connectivity index (χ1) is 6.91. The summed E-state index contributed by atoms with van der Waals surface area (Å²) in [5, 5.41) is 19.5. The third-order valence-electron chi connectivity index (χ3n) is 1.22. The van der Waals surface area contributed by atoms with Crippen LogP contribution >= 0.6 is 0 Å². The van der Waals surface area contributed by atoms with Gasteiger partial charge in [0, 0.05) is 0 Å². The molecule has 7 heteroatoms. The molecule has 1 rings (SSSR count). The van der Waals surface area contributed by atoms with Crippen LogP contribution in [-0.4, -0.2) is 32.4 Å². The number of hydrogen-bond acceptors (Lipinski definition) is 4. The highest BCUT2D eigenvalue weighted by Gasteiger charge is 2.16. The monoisotopic (exact) mass is 191 g/mol. The molecular weight excluding hydrogens is 181 g/mol. The Morgan fingerprint density at radius 3 is 3.23 bits per heavy atom. The Balaban J connectivity index is 3.14. The van der Waals surface area contributed by atoms with Crippen LogP contribution in [0.15, 0.2) is 12.4 Å². The van der Waals surface area contributed by atoms with Gasteiger partial charge in [-0.05, 0) is 4.92 Å². The van der Waals surface area contributed by atoms with Crippen molar-refractivity contribution in [1.82, 2.24) is 9.55 Å². The average Bonchev–Trinajstić information content (AvgIpc) is 2.65. The standard InChI is InChI=1S/C6H8FN3O3/c7-3-5(11)4-9-2-1-8-6(9)10(12)13/h1-2,5,11H,3-4H2/i4D2. The van der Waals surface area contributed by atoms with E-state index in [-0.39, 0.29) is 0 Å². The van der Waals surface area contributed by atoms with Gasteiger partial charge in [0.05, 0.1) is 2.74 Å². The van der Waals surface area contributed by atoms with Crippen LogP contribution in [0.4, 0.5) is 10.3 Å². The van der Waals surface area contributed by atoms with Crippen molar-refractivity contribution < 1.29 is 17.2 Å². The molecule has 0 aliphatic rings. The topological polar surface area (TPSA) is 81.2 Å². The molecule has 1 aromatic heterocycles. The van der Waals surface area contributed by atoms with Gasteiger partial charge in [0.1, 0.15) is 31.7 Å². The summed E-state index contributed by atoms with van der Waals surface area (Å²) in [6, 6.07) is 0. The lowest BCUT2D eigenvalue weighted by atomic mass is 10.4. The van der Waals surface area contributed by atoms with Crippen LogP contribution in [0.5, 0.6) is 0 Å². The molecule has 1 aromatic rings. The summed E-state index contributed by atoms with van der Waals surface area (Å²) < 4.78 is 27.2. The molecule has 0 fully saturated rings. The second kappa shape index (κ2) is 3.94. The van der Waals surface area contributed by atoms with Crippen molar-refractivity contribution in [3.63, 3.8) is 0 Å². The Morgan fingerprint density at radius 1 is 2.00 bits per heavy atom. The molecular formula is C6H8FN3O3. The van der Waals surface area contributed by atoms with E-state index in [1.54, 1.807) is 0 Å². The first-order valence-electron chi connectivity index (χ1n) is 4.33. The van der Waals surface area contributed by atoms with Gasteiger partial charge in [0.2, 0.25) is 0 Å². The largest absolute Gasteiger partial charge is 0.434 e. The number of halogens is 1. The van der Waals surface area contributed by atoms with Crippen molar-refractivity contribution >= 4 is 5.95 Å². The predicted molar refractivity (Wildman–Crippen MR) is 40.9 cm³/mol. The molecule has 1 unspecified atom stereocenters. The maximum Gasteiger partial charge on any atom is 0.434 e. The highest BCUT2D eigenvalue weighted by Crippen LogP contribution is 2.08. The highest BCUT2D eigenvalue weighted by atomic mass is 19.1. The molecule has 0 amide bonds. The smallest absolute Gasteiger partial charge is 0.390 e. The first-order valence-corrected chi connectivity index (χ1v) is 3.33. The zero-order valence-corrected chi connectivity index (χ0v) is 6.42. The molecule has 13 heavy (non-hydrogen) atoms. The summed E-state index contributed by atoms with van der Waals surface area (Å²) >= 11 is 0. The van der Waals surface area contributed by atoms with Crippen molar-refractivity contribution in [2.75, 3.05) is 6.67 Å². The van der Waals surface area contributed by atoms with Crippen LogP contribution in [0, 0.1) is 10.1 Å². The van der Waals surface area contributed by atoms with Crippen molar-refractivity contribution in [1.29, 1.82) is 0 Å². The Bertz CT molecular complexity index is 370. The predicted octanol–water partition coefficient (Wildman–Crippen LogP) is 0.122. The Kier molecular flexibility index (Phi) is 2.11. The fraction of sp³-hybridized carbons (Fsp3) is 0.500. The normalized spacial score (nSPS) is 16.2. The van der Waals surface area contributed by atoms with Crippen molar-refractivity contribution in [2.45, 2.75) is 12.6 Å². The highest BCUT2D eigenvalue weighted by molar-refractivity contribution is 5.06. The van der Waals surface area contributed by atoms with E-state index in [2.05, 4.69) is 4.98 Å². The van der Waals surface area contributed by atoms with Crippen LogP contribution in [-0.2, 0) is 6.50 Å². The van der Waals surface area contributed by atoms with Gasteiger partial charge < -0.3 is 15.2 Å². The summed E-state index contributed by atoms with van der Waals surface area (Å²) in [5.74, 6) is -0.785. The van der Waals surface area contributed by atoms with Gasteiger partial charge in [-0.1, -0.05) is 4.98 Å². The summed E-state index contributed by atoms with van der Waals surface area (Å²) in [4.78, 5) is 12.8. The molecule has 0 saturated carbocycles. The number of imidazole rings is 1. The van der Waals surface area contributed by atoms with Crippen molar-refractivity contribution in [3.8, 4) is 0 Å². The van der Waals surface area contributed by atoms with E-state index in [1.165, 1.54) is 0 Å². The number of nitro groups is 1.